The number of alkyl halides is 3. The average Bonchev–Trinajstić information content (AvgIpc) is 3.00. The molecule has 0 atom stereocenters. The lowest BCUT2D eigenvalue weighted by molar-refractivity contribution is -0.176. The first-order valence-corrected chi connectivity index (χ1v) is 8.75. The molecule has 0 amide bonds. The highest BCUT2D eigenvalue weighted by molar-refractivity contribution is 14.0. The Morgan fingerprint density at radius 1 is 1.15 bits per heavy atom. The molecule has 150 valence electrons. The van der Waals surface area contributed by atoms with Crippen molar-refractivity contribution in [3.05, 3.63) is 51.5 Å². The van der Waals surface area contributed by atoms with Gasteiger partial charge in [0.05, 0.1) is 13.2 Å². The Hall–Kier alpha value is -1.40. The fraction of sp³-hybridized carbons (Fsp3) is 0.412. The van der Waals surface area contributed by atoms with Crippen molar-refractivity contribution in [3.63, 3.8) is 0 Å². The summed E-state index contributed by atoms with van der Waals surface area (Å²) in [6, 6.07) is 7.19. The SMILES string of the molecule is CN=C(NCc1ccc(COCC(F)(F)F)cc1)NCc1ncc(C)s1.I. The van der Waals surface area contributed by atoms with Gasteiger partial charge in [-0.05, 0) is 18.1 Å². The predicted molar refractivity (Wildman–Crippen MR) is 111 cm³/mol. The molecule has 10 heteroatoms. The van der Waals surface area contributed by atoms with E-state index in [1.54, 1.807) is 30.5 Å². The molecule has 0 spiro atoms. The Morgan fingerprint density at radius 3 is 2.33 bits per heavy atom. The van der Waals surface area contributed by atoms with Crippen molar-refractivity contribution in [2.75, 3.05) is 13.7 Å². The zero-order valence-corrected chi connectivity index (χ0v) is 18.1. The Kier molecular flexibility index (Phi) is 10.0. The van der Waals surface area contributed by atoms with Gasteiger partial charge in [-0.1, -0.05) is 24.3 Å². The van der Waals surface area contributed by atoms with E-state index in [9.17, 15) is 13.2 Å². The summed E-state index contributed by atoms with van der Waals surface area (Å²) in [6.07, 6.45) is -2.47. The molecule has 0 aliphatic rings. The van der Waals surface area contributed by atoms with Gasteiger partial charge in [0.2, 0.25) is 0 Å². The number of aryl methyl sites for hydroxylation is 1. The first-order valence-electron chi connectivity index (χ1n) is 7.94. The van der Waals surface area contributed by atoms with Gasteiger partial charge in [0.1, 0.15) is 11.6 Å². The van der Waals surface area contributed by atoms with E-state index in [4.69, 9.17) is 0 Å². The summed E-state index contributed by atoms with van der Waals surface area (Å²) in [4.78, 5) is 9.59. The van der Waals surface area contributed by atoms with Crippen LogP contribution in [0.5, 0.6) is 0 Å². The van der Waals surface area contributed by atoms with Gasteiger partial charge in [-0.2, -0.15) is 13.2 Å². The highest BCUT2D eigenvalue weighted by atomic mass is 127. The van der Waals surface area contributed by atoms with Crippen molar-refractivity contribution in [1.82, 2.24) is 15.6 Å². The van der Waals surface area contributed by atoms with Gasteiger partial charge in [-0.15, -0.1) is 35.3 Å². The largest absolute Gasteiger partial charge is 0.411 e. The third-order valence-corrected chi connectivity index (χ3v) is 4.23. The molecule has 5 nitrogen and oxygen atoms in total. The highest BCUT2D eigenvalue weighted by Crippen LogP contribution is 2.16. The van der Waals surface area contributed by atoms with E-state index >= 15 is 0 Å². The molecule has 0 saturated heterocycles. The monoisotopic (exact) mass is 514 g/mol. The molecule has 0 saturated carbocycles. The van der Waals surface area contributed by atoms with Gasteiger partial charge in [-0.3, -0.25) is 4.99 Å². The van der Waals surface area contributed by atoms with Crippen molar-refractivity contribution in [2.45, 2.75) is 32.8 Å². The molecular weight excluding hydrogens is 492 g/mol. The Labute approximate surface area is 177 Å². The van der Waals surface area contributed by atoms with Crippen molar-refractivity contribution in [2.24, 2.45) is 4.99 Å². The van der Waals surface area contributed by atoms with Gasteiger partial charge in [0.25, 0.3) is 0 Å². The number of thiazole rings is 1. The van der Waals surface area contributed by atoms with Crippen LogP contribution in [0.15, 0.2) is 35.5 Å². The Bertz CT molecular complexity index is 720. The summed E-state index contributed by atoms with van der Waals surface area (Å²) < 4.78 is 40.8. The number of nitrogens with one attached hydrogen (secondary N) is 2. The van der Waals surface area contributed by atoms with Crippen LogP contribution >= 0.6 is 35.3 Å². The van der Waals surface area contributed by atoms with Crippen LogP contribution in [0.1, 0.15) is 21.0 Å². The van der Waals surface area contributed by atoms with Crippen LogP contribution in [-0.4, -0.2) is 30.8 Å². The van der Waals surface area contributed by atoms with Crippen LogP contribution in [0.25, 0.3) is 0 Å². The summed E-state index contributed by atoms with van der Waals surface area (Å²) in [6.45, 7) is 1.83. The molecule has 2 N–H and O–H groups in total. The molecule has 1 aromatic carbocycles. The van der Waals surface area contributed by atoms with E-state index in [0.717, 1.165) is 15.4 Å². The number of nitrogens with zero attached hydrogens (tertiary/aromatic N) is 2. The predicted octanol–water partition coefficient (Wildman–Crippen LogP) is 4.01. The van der Waals surface area contributed by atoms with Crippen molar-refractivity contribution in [3.8, 4) is 0 Å². The van der Waals surface area contributed by atoms with Gasteiger partial charge < -0.3 is 15.4 Å². The van der Waals surface area contributed by atoms with Gasteiger partial charge in [0.15, 0.2) is 5.96 Å². The van der Waals surface area contributed by atoms with Gasteiger partial charge >= 0.3 is 6.18 Å². The van der Waals surface area contributed by atoms with Crippen LogP contribution in [0.3, 0.4) is 0 Å². The minimum Gasteiger partial charge on any atom is -0.367 e. The standard InChI is InChI=1S/C17H21F3N4OS.HI/c1-12-7-22-15(26-12)9-24-16(21-2)23-8-13-3-5-14(6-4-13)10-25-11-17(18,19)20;/h3-7H,8-11H2,1-2H3,(H2,21,23,24);1H. The van der Waals surface area contributed by atoms with Crippen LogP contribution in [-0.2, 0) is 24.4 Å². The molecule has 0 radical (unpaired) electrons. The highest BCUT2D eigenvalue weighted by Gasteiger charge is 2.27. The number of hydrogen-bond donors (Lipinski definition) is 2. The third-order valence-electron chi connectivity index (χ3n) is 3.32. The maximum Gasteiger partial charge on any atom is 0.411 e. The van der Waals surface area contributed by atoms with Crippen molar-refractivity contribution in [1.29, 1.82) is 0 Å². The lowest BCUT2D eigenvalue weighted by atomic mass is 10.1. The third kappa shape index (κ3) is 9.38. The zero-order valence-electron chi connectivity index (χ0n) is 15.0. The molecule has 0 fully saturated rings. The number of benzene rings is 1. The maximum absolute atomic E-state index is 12.1. The van der Waals surface area contributed by atoms with Crippen LogP contribution < -0.4 is 10.6 Å². The summed E-state index contributed by atoms with van der Waals surface area (Å²) in [7, 11) is 1.68. The van der Waals surface area contributed by atoms with Crippen molar-refractivity contribution < 1.29 is 17.9 Å². The molecular formula is C17H22F3IN4OS. The second kappa shape index (κ2) is 11.4. The fourth-order valence-electron chi connectivity index (χ4n) is 2.09. The summed E-state index contributed by atoms with van der Waals surface area (Å²) in [5.74, 6) is 0.649. The molecule has 0 unspecified atom stereocenters. The van der Waals surface area contributed by atoms with Crippen LogP contribution in [0, 0.1) is 6.92 Å². The zero-order chi connectivity index (χ0) is 19.0. The van der Waals surface area contributed by atoms with Gasteiger partial charge in [0, 0.05) is 24.7 Å². The molecule has 1 aromatic heterocycles. The molecule has 0 bridgehead atoms. The van der Waals surface area contributed by atoms with E-state index in [0.29, 0.717) is 24.6 Å². The number of guanidine groups is 1. The van der Waals surface area contributed by atoms with E-state index in [1.165, 1.54) is 0 Å². The quantitative estimate of drug-likeness (QED) is 0.333. The van der Waals surface area contributed by atoms with E-state index in [-0.39, 0.29) is 30.6 Å². The van der Waals surface area contributed by atoms with Crippen molar-refractivity contribution >= 4 is 41.3 Å². The van der Waals surface area contributed by atoms with Crippen LogP contribution in [0.2, 0.25) is 0 Å². The number of ether oxygens (including phenoxy) is 1. The first kappa shape index (κ1) is 23.6. The summed E-state index contributed by atoms with van der Waals surface area (Å²) in [5, 5.41) is 7.34. The Morgan fingerprint density at radius 2 is 1.78 bits per heavy atom. The van der Waals surface area contributed by atoms with Gasteiger partial charge in [-0.25, -0.2) is 4.98 Å². The molecule has 27 heavy (non-hydrogen) atoms. The summed E-state index contributed by atoms with van der Waals surface area (Å²) >= 11 is 1.63. The van der Waals surface area contributed by atoms with E-state index < -0.39 is 12.8 Å². The van der Waals surface area contributed by atoms with E-state index in [1.807, 2.05) is 25.3 Å². The molecule has 1 heterocycles. The summed E-state index contributed by atoms with van der Waals surface area (Å²) in [5.41, 5.74) is 1.68. The molecule has 2 aromatic rings. The smallest absolute Gasteiger partial charge is 0.367 e. The minimum atomic E-state index is -4.30. The number of hydrogen-bond acceptors (Lipinski definition) is 4. The van der Waals surface area contributed by atoms with Crippen LogP contribution in [0.4, 0.5) is 13.2 Å². The second-order valence-corrected chi connectivity index (χ2v) is 6.89. The number of aromatic nitrogens is 1. The average molecular weight is 514 g/mol. The molecule has 0 aliphatic heterocycles. The lowest BCUT2D eigenvalue weighted by Crippen LogP contribution is -2.36. The second-order valence-electron chi connectivity index (χ2n) is 5.57. The topological polar surface area (TPSA) is 58.5 Å². The normalized spacial score (nSPS) is 11.8. The number of rotatable bonds is 7. The minimum absolute atomic E-state index is 0. The van der Waals surface area contributed by atoms with E-state index in [2.05, 4.69) is 25.3 Å². The molecule has 2 rings (SSSR count). The number of aliphatic imine (C=N–C) groups is 1. The number of halogens is 4. The maximum atomic E-state index is 12.1. The first-order chi connectivity index (χ1) is 12.4. The Balaban J connectivity index is 0.00000364. The lowest BCUT2D eigenvalue weighted by Gasteiger charge is -2.11. The molecule has 0 aliphatic carbocycles. The fourth-order valence-corrected chi connectivity index (χ4v) is 2.81.